The molecule has 2 N–H and O–H groups in total. The number of halogens is 1. The molecule has 5 heteroatoms. The Morgan fingerprint density at radius 3 is 2.67 bits per heavy atom. The second-order valence-electron chi connectivity index (χ2n) is 6.60. The van der Waals surface area contributed by atoms with Gasteiger partial charge >= 0.3 is 0 Å². The van der Waals surface area contributed by atoms with Gasteiger partial charge in [-0.3, -0.25) is 4.79 Å². The van der Waals surface area contributed by atoms with Gasteiger partial charge in [0.05, 0.1) is 0 Å². The molecule has 0 aliphatic carbocycles. The number of carbonyl (C=O) groups is 1. The Bertz CT molecular complexity index is 679. The summed E-state index contributed by atoms with van der Waals surface area (Å²) in [6, 6.07) is 13.9. The van der Waals surface area contributed by atoms with E-state index in [2.05, 4.69) is 17.6 Å². The largest absolute Gasteiger partial charge is 0.483 e. The summed E-state index contributed by atoms with van der Waals surface area (Å²) in [6.07, 6.45) is 2.19. The Morgan fingerprint density at radius 2 is 1.88 bits per heavy atom. The van der Waals surface area contributed by atoms with Crippen LogP contribution < -0.4 is 15.4 Å². The van der Waals surface area contributed by atoms with Gasteiger partial charge in [-0.1, -0.05) is 43.3 Å². The van der Waals surface area contributed by atoms with Crippen LogP contribution in [0, 0.1) is 5.41 Å². The fourth-order valence-electron chi connectivity index (χ4n) is 3.03. The summed E-state index contributed by atoms with van der Waals surface area (Å²) >= 11 is 0. The summed E-state index contributed by atoms with van der Waals surface area (Å²) in [7, 11) is 0. The molecule has 2 aromatic carbocycles. The molecule has 1 saturated heterocycles. The van der Waals surface area contributed by atoms with Crippen LogP contribution in [0.5, 0.6) is 5.75 Å². The van der Waals surface area contributed by atoms with E-state index in [9.17, 15) is 4.79 Å². The van der Waals surface area contributed by atoms with Gasteiger partial charge in [-0.15, -0.1) is 12.4 Å². The molecule has 3 rings (SSSR count). The molecule has 0 spiro atoms. The summed E-state index contributed by atoms with van der Waals surface area (Å²) in [5.41, 5.74) is 0.195. The molecule has 0 saturated carbocycles. The van der Waals surface area contributed by atoms with Crippen molar-refractivity contribution in [3.05, 3.63) is 42.5 Å². The summed E-state index contributed by atoms with van der Waals surface area (Å²) in [5.74, 6) is 0.698. The lowest BCUT2D eigenvalue weighted by molar-refractivity contribution is -0.123. The highest BCUT2D eigenvalue weighted by atomic mass is 35.5. The van der Waals surface area contributed by atoms with Gasteiger partial charge in [-0.25, -0.2) is 0 Å². The molecule has 1 aliphatic rings. The van der Waals surface area contributed by atoms with Gasteiger partial charge < -0.3 is 15.4 Å². The van der Waals surface area contributed by atoms with Crippen molar-refractivity contribution in [2.75, 3.05) is 26.2 Å². The highest BCUT2D eigenvalue weighted by Gasteiger charge is 2.26. The molecule has 1 fully saturated rings. The number of piperidine rings is 1. The Hall–Kier alpha value is -1.78. The molecular formula is C19H25ClN2O2. The van der Waals surface area contributed by atoms with Crippen LogP contribution in [0.4, 0.5) is 0 Å². The van der Waals surface area contributed by atoms with Crippen LogP contribution in [-0.4, -0.2) is 32.1 Å². The third kappa shape index (κ3) is 4.62. The minimum absolute atomic E-state index is 0. The highest BCUT2D eigenvalue weighted by molar-refractivity contribution is 5.88. The molecule has 1 heterocycles. The molecule has 130 valence electrons. The van der Waals surface area contributed by atoms with Crippen molar-refractivity contribution < 1.29 is 9.53 Å². The van der Waals surface area contributed by atoms with Crippen molar-refractivity contribution in [1.82, 2.24) is 10.6 Å². The van der Waals surface area contributed by atoms with E-state index in [1.807, 2.05) is 42.5 Å². The number of ether oxygens (including phenoxy) is 1. The van der Waals surface area contributed by atoms with Gasteiger partial charge in [-0.2, -0.15) is 0 Å². The lowest BCUT2D eigenvalue weighted by atomic mass is 9.81. The summed E-state index contributed by atoms with van der Waals surface area (Å²) < 4.78 is 5.73. The third-order valence-electron chi connectivity index (χ3n) is 4.63. The lowest BCUT2D eigenvalue weighted by Gasteiger charge is -2.34. The first-order chi connectivity index (χ1) is 11.2. The minimum atomic E-state index is -0.0577. The predicted octanol–water partition coefficient (Wildman–Crippen LogP) is 3.15. The number of hydrogen-bond donors (Lipinski definition) is 2. The van der Waals surface area contributed by atoms with Gasteiger partial charge in [0.25, 0.3) is 5.91 Å². The van der Waals surface area contributed by atoms with E-state index in [1.165, 1.54) is 0 Å². The normalized spacial score (nSPS) is 16.2. The lowest BCUT2D eigenvalue weighted by Crippen LogP contribution is -2.43. The molecule has 0 unspecified atom stereocenters. The smallest absolute Gasteiger partial charge is 0.257 e. The molecule has 24 heavy (non-hydrogen) atoms. The average molecular weight is 349 g/mol. The van der Waals surface area contributed by atoms with Crippen LogP contribution in [-0.2, 0) is 4.79 Å². The number of rotatable bonds is 5. The molecule has 0 radical (unpaired) electrons. The van der Waals surface area contributed by atoms with E-state index >= 15 is 0 Å². The second kappa shape index (κ2) is 8.36. The van der Waals surface area contributed by atoms with Gasteiger partial charge in [0.15, 0.2) is 6.61 Å². The van der Waals surface area contributed by atoms with Gasteiger partial charge in [0.1, 0.15) is 5.75 Å². The molecule has 0 aromatic heterocycles. The number of benzene rings is 2. The number of amides is 1. The second-order valence-corrected chi connectivity index (χ2v) is 6.60. The first kappa shape index (κ1) is 18.6. The van der Waals surface area contributed by atoms with Crippen molar-refractivity contribution in [2.45, 2.75) is 19.8 Å². The molecule has 4 nitrogen and oxygen atoms in total. The van der Waals surface area contributed by atoms with Crippen LogP contribution in [0.3, 0.4) is 0 Å². The highest BCUT2D eigenvalue weighted by Crippen LogP contribution is 2.27. The molecule has 1 aliphatic heterocycles. The monoisotopic (exact) mass is 348 g/mol. The van der Waals surface area contributed by atoms with Crippen LogP contribution in [0.25, 0.3) is 10.8 Å². The minimum Gasteiger partial charge on any atom is -0.483 e. The first-order valence-electron chi connectivity index (χ1n) is 8.24. The van der Waals surface area contributed by atoms with Crippen LogP contribution in [0.1, 0.15) is 19.8 Å². The summed E-state index contributed by atoms with van der Waals surface area (Å²) in [4.78, 5) is 12.1. The van der Waals surface area contributed by atoms with Crippen LogP contribution >= 0.6 is 12.4 Å². The Kier molecular flexibility index (Phi) is 6.46. The van der Waals surface area contributed by atoms with Crippen molar-refractivity contribution >= 4 is 29.1 Å². The standard InChI is InChI=1S/C19H24N2O2.ClH/c1-19(9-11-20-12-10-19)14-21-18(22)13-23-17-8-4-6-15-5-2-3-7-16(15)17;/h2-8,20H,9-14H2,1H3,(H,21,22);1H. The maximum atomic E-state index is 12.1. The quantitative estimate of drug-likeness (QED) is 0.872. The molecule has 0 bridgehead atoms. The Balaban J connectivity index is 0.00000208. The zero-order valence-corrected chi connectivity index (χ0v) is 14.8. The van der Waals surface area contributed by atoms with E-state index in [1.54, 1.807) is 0 Å². The van der Waals surface area contributed by atoms with Crippen molar-refractivity contribution in [2.24, 2.45) is 5.41 Å². The van der Waals surface area contributed by atoms with Crippen molar-refractivity contribution in [1.29, 1.82) is 0 Å². The van der Waals surface area contributed by atoms with E-state index in [0.29, 0.717) is 6.54 Å². The first-order valence-corrected chi connectivity index (χ1v) is 8.24. The topological polar surface area (TPSA) is 50.4 Å². The van der Waals surface area contributed by atoms with Gasteiger partial charge in [-0.05, 0) is 42.8 Å². The molecule has 2 aromatic rings. The number of hydrogen-bond acceptors (Lipinski definition) is 3. The van der Waals surface area contributed by atoms with Crippen molar-refractivity contribution in [3.63, 3.8) is 0 Å². The zero-order chi connectivity index (χ0) is 16.1. The predicted molar refractivity (Wildman–Crippen MR) is 99.9 cm³/mol. The number of carbonyl (C=O) groups excluding carboxylic acids is 1. The Labute approximate surface area is 149 Å². The average Bonchev–Trinajstić information content (AvgIpc) is 2.59. The SMILES string of the molecule is CC1(CNC(=O)COc2cccc3ccccc23)CCNCC1.Cl. The van der Waals surface area contributed by atoms with Crippen LogP contribution in [0.2, 0.25) is 0 Å². The maximum absolute atomic E-state index is 12.1. The number of nitrogens with one attached hydrogen (secondary N) is 2. The molecule has 1 amide bonds. The van der Waals surface area contributed by atoms with E-state index < -0.39 is 0 Å². The van der Waals surface area contributed by atoms with Gasteiger partial charge in [0, 0.05) is 11.9 Å². The summed E-state index contributed by atoms with van der Waals surface area (Å²) in [6.45, 7) is 5.06. The fourth-order valence-corrected chi connectivity index (χ4v) is 3.03. The van der Waals surface area contributed by atoms with Gasteiger partial charge in [0.2, 0.25) is 0 Å². The van der Waals surface area contributed by atoms with E-state index in [4.69, 9.17) is 4.74 Å². The summed E-state index contributed by atoms with van der Waals surface area (Å²) in [5, 5.41) is 8.53. The van der Waals surface area contributed by atoms with Crippen molar-refractivity contribution in [3.8, 4) is 5.75 Å². The zero-order valence-electron chi connectivity index (χ0n) is 14.0. The molecular weight excluding hydrogens is 324 g/mol. The van der Waals surface area contributed by atoms with E-state index in [0.717, 1.165) is 42.5 Å². The fraction of sp³-hybridized carbons (Fsp3) is 0.421. The van der Waals surface area contributed by atoms with Crippen LogP contribution in [0.15, 0.2) is 42.5 Å². The maximum Gasteiger partial charge on any atom is 0.257 e. The van der Waals surface area contributed by atoms with E-state index in [-0.39, 0.29) is 30.3 Å². The Morgan fingerprint density at radius 1 is 1.17 bits per heavy atom. The number of fused-ring (bicyclic) bond motifs is 1. The molecule has 0 atom stereocenters. The third-order valence-corrected chi connectivity index (χ3v) is 4.63.